The van der Waals surface area contributed by atoms with Crippen LogP contribution in [0.3, 0.4) is 0 Å². The highest BCUT2D eigenvalue weighted by atomic mass is 16.2. The summed E-state index contributed by atoms with van der Waals surface area (Å²) in [7, 11) is 3.63. The van der Waals surface area contributed by atoms with Gasteiger partial charge in [-0.2, -0.15) is 5.10 Å². The van der Waals surface area contributed by atoms with Crippen LogP contribution in [-0.2, 0) is 11.8 Å². The van der Waals surface area contributed by atoms with Gasteiger partial charge in [-0.25, -0.2) is 4.98 Å². The monoisotopic (exact) mass is 329 g/mol. The molecule has 126 valence electrons. The van der Waals surface area contributed by atoms with Gasteiger partial charge in [-0.1, -0.05) is 0 Å². The van der Waals surface area contributed by atoms with Crippen LogP contribution < -0.4 is 11.1 Å². The number of aromatic nitrogens is 4. The van der Waals surface area contributed by atoms with Gasteiger partial charge < -0.3 is 16.0 Å². The van der Waals surface area contributed by atoms with Crippen molar-refractivity contribution in [2.45, 2.75) is 25.4 Å². The van der Waals surface area contributed by atoms with E-state index in [1.165, 1.54) is 12.4 Å². The van der Waals surface area contributed by atoms with Crippen LogP contribution in [0.25, 0.3) is 0 Å². The predicted octanol–water partition coefficient (Wildman–Crippen LogP) is 0.00132. The molecule has 2 atom stereocenters. The van der Waals surface area contributed by atoms with E-state index >= 15 is 0 Å². The third-order valence-electron chi connectivity index (χ3n) is 4.40. The molecule has 1 fully saturated rings. The summed E-state index contributed by atoms with van der Waals surface area (Å²) in [6.45, 7) is 1.96. The molecule has 9 heteroatoms. The Morgan fingerprint density at radius 3 is 2.71 bits per heavy atom. The topological polar surface area (TPSA) is 119 Å². The average Bonchev–Trinajstić information content (AvgIpc) is 3.00. The van der Waals surface area contributed by atoms with Gasteiger partial charge in [0, 0.05) is 31.8 Å². The van der Waals surface area contributed by atoms with Crippen molar-refractivity contribution in [3.63, 3.8) is 0 Å². The average molecular weight is 329 g/mol. The van der Waals surface area contributed by atoms with Gasteiger partial charge in [-0.15, -0.1) is 0 Å². The molecule has 1 saturated heterocycles. The fourth-order valence-corrected chi connectivity index (χ4v) is 2.97. The summed E-state index contributed by atoms with van der Waals surface area (Å²) < 4.78 is 1.77. The number of rotatable bonds is 4. The minimum absolute atomic E-state index is 0.0276. The second-order valence-electron chi connectivity index (χ2n) is 5.87. The van der Waals surface area contributed by atoms with Gasteiger partial charge in [0.2, 0.25) is 5.91 Å². The zero-order valence-electron chi connectivity index (χ0n) is 13.7. The Balaban J connectivity index is 1.91. The van der Waals surface area contributed by atoms with Crippen LogP contribution >= 0.6 is 0 Å². The molecule has 3 rings (SSSR count). The maximum Gasteiger partial charge on any atom is 0.268 e. The maximum absolute atomic E-state index is 12.2. The van der Waals surface area contributed by atoms with Crippen molar-refractivity contribution in [2.24, 2.45) is 12.8 Å². The molecule has 0 radical (unpaired) electrons. The second-order valence-corrected chi connectivity index (χ2v) is 5.87. The molecule has 0 saturated carbocycles. The summed E-state index contributed by atoms with van der Waals surface area (Å²) in [6.07, 6.45) is 4.90. The SMILES string of the molecule is Cc1c([C@H]2[C@H](Nc3cncc(C(N)=O)n3)CC(=O)N2C)cnn1C. The number of carbonyl (C=O) groups excluding carboxylic acids is 2. The third kappa shape index (κ3) is 2.68. The summed E-state index contributed by atoms with van der Waals surface area (Å²) in [5.41, 5.74) is 7.27. The first kappa shape index (κ1) is 15.9. The van der Waals surface area contributed by atoms with Gasteiger partial charge in [0.25, 0.3) is 5.91 Å². The Kier molecular flexibility index (Phi) is 3.92. The Hall–Kier alpha value is -2.97. The molecule has 3 N–H and O–H groups in total. The van der Waals surface area contributed by atoms with E-state index in [4.69, 9.17) is 5.73 Å². The first-order valence-electron chi connectivity index (χ1n) is 7.51. The van der Waals surface area contributed by atoms with E-state index in [-0.39, 0.29) is 23.7 Å². The standard InChI is InChI=1S/C15H19N7O2/c1-8-9(5-18-22(8)3)14-10(4-13(23)21(14)2)19-12-7-17-6-11(20-12)15(16)24/h5-7,10,14H,4H2,1-3H3,(H2,16,24)(H,19,20)/t10-,14+/m1/s1. The van der Waals surface area contributed by atoms with Gasteiger partial charge in [0.15, 0.2) is 0 Å². The summed E-state index contributed by atoms with van der Waals surface area (Å²) >= 11 is 0. The lowest BCUT2D eigenvalue weighted by molar-refractivity contribution is -0.127. The normalized spacial score (nSPS) is 20.5. The molecular formula is C15H19N7O2. The highest BCUT2D eigenvalue weighted by Crippen LogP contribution is 2.34. The van der Waals surface area contributed by atoms with Crippen LogP contribution in [0.5, 0.6) is 0 Å². The largest absolute Gasteiger partial charge is 0.364 e. The van der Waals surface area contributed by atoms with Crippen molar-refractivity contribution in [2.75, 3.05) is 12.4 Å². The fourth-order valence-electron chi connectivity index (χ4n) is 2.97. The molecule has 0 aromatic carbocycles. The molecule has 2 amide bonds. The van der Waals surface area contributed by atoms with E-state index < -0.39 is 5.91 Å². The molecule has 2 aromatic rings. The lowest BCUT2D eigenvalue weighted by Gasteiger charge is -2.25. The molecule has 1 aliphatic rings. The van der Waals surface area contributed by atoms with Gasteiger partial charge >= 0.3 is 0 Å². The summed E-state index contributed by atoms with van der Waals surface area (Å²) in [5.74, 6) is -0.212. The van der Waals surface area contributed by atoms with Crippen molar-refractivity contribution in [3.05, 3.63) is 35.5 Å². The van der Waals surface area contributed by atoms with E-state index in [0.29, 0.717) is 12.2 Å². The Morgan fingerprint density at radius 1 is 1.33 bits per heavy atom. The number of nitrogens with zero attached hydrogens (tertiary/aromatic N) is 5. The maximum atomic E-state index is 12.2. The van der Waals surface area contributed by atoms with Gasteiger partial charge in [0.05, 0.1) is 30.7 Å². The highest BCUT2D eigenvalue weighted by molar-refractivity contribution is 5.90. The van der Waals surface area contributed by atoms with Crippen molar-refractivity contribution in [1.29, 1.82) is 0 Å². The number of nitrogens with one attached hydrogen (secondary N) is 1. The number of primary amides is 1. The smallest absolute Gasteiger partial charge is 0.268 e. The Bertz CT molecular complexity index is 801. The lowest BCUT2D eigenvalue weighted by atomic mass is 10.0. The van der Waals surface area contributed by atoms with E-state index in [0.717, 1.165) is 11.3 Å². The number of carbonyl (C=O) groups is 2. The number of nitrogens with two attached hydrogens (primary N) is 1. The van der Waals surface area contributed by atoms with E-state index in [1.807, 2.05) is 14.0 Å². The van der Waals surface area contributed by atoms with E-state index in [1.54, 1.807) is 22.8 Å². The zero-order valence-corrected chi connectivity index (χ0v) is 13.7. The zero-order chi connectivity index (χ0) is 17.4. The first-order chi connectivity index (χ1) is 11.4. The van der Waals surface area contributed by atoms with E-state index in [9.17, 15) is 9.59 Å². The van der Waals surface area contributed by atoms with Crippen LogP contribution in [0, 0.1) is 6.92 Å². The molecule has 0 unspecified atom stereocenters. The summed E-state index contributed by atoms with van der Waals surface area (Å²) in [4.78, 5) is 33.3. The van der Waals surface area contributed by atoms with Gasteiger partial charge in [-0.05, 0) is 6.92 Å². The predicted molar refractivity (Wildman–Crippen MR) is 86.0 cm³/mol. The third-order valence-corrected chi connectivity index (χ3v) is 4.40. The Labute approximate surface area is 138 Å². The molecule has 0 bridgehead atoms. The van der Waals surface area contributed by atoms with E-state index in [2.05, 4.69) is 20.4 Å². The molecule has 0 aliphatic carbocycles. The quantitative estimate of drug-likeness (QED) is 0.815. The molecule has 9 nitrogen and oxygen atoms in total. The number of aryl methyl sites for hydroxylation is 1. The second kappa shape index (κ2) is 5.91. The molecule has 2 aromatic heterocycles. The summed E-state index contributed by atoms with van der Waals surface area (Å²) in [5, 5.41) is 7.46. The highest BCUT2D eigenvalue weighted by Gasteiger charge is 2.40. The summed E-state index contributed by atoms with van der Waals surface area (Å²) in [6, 6.07) is -0.381. The van der Waals surface area contributed by atoms with Crippen molar-refractivity contribution in [3.8, 4) is 0 Å². The molecule has 0 spiro atoms. The fraction of sp³-hybridized carbons (Fsp3) is 0.400. The van der Waals surface area contributed by atoms with Crippen LogP contribution in [0.1, 0.15) is 34.2 Å². The minimum Gasteiger partial charge on any atom is -0.364 e. The molecule has 3 heterocycles. The Morgan fingerprint density at radius 2 is 2.08 bits per heavy atom. The molecule has 1 aliphatic heterocycles. The van der Waals surface area contributed by atoms with Crippen LogP contribution in [0.15, 0.2) is 18.6 Å². The lowest BCUT2D eigenvalue weighted by Crippen LogP contribution is -2.30. The minimum atomic E-state index is -0.648. The number of hydrogen-bond donors (Lipinski definition) is 2. The van der Waals surface area contributed by atoms with Crippen molar-refractivity contribution in [1.82, 2.24) is 24.6 Å². The van der Waals surface area contributed by atoms with Crippen molar-refractivity contribution >= 4 is 17.6 Å². The van der Waals surface area contributed by atoms with Crippen LogP contribution in [0.2, 0.25) is 0 Å². The van der Waals surface area contributed by atoms with Gasteiger partial charge in [-0.3, -0.25) is 19.3 Å². The molecular weight excluding hydrogens is 310 g/mol. The number of amides is 2. The number of anilines is 1. The number of likely N-dealkylation sites (tertiary alicyclic amines) is 1. The van der Waals surface area contributed by atoms with Gasteiger partial charge in [0.1, 0.15) is 11.5 Å². The number of hydrogen-bond acceptors (Lipinski definition) is 6. The molecule has 24 heavy (non-hydrogen) atoms. The van der Waals surface area contributed by atoms with Crippen molar-refractivity contribution < 1.29 is 9.59 Å². The number of likely N-dealkylation sites (N-methyl/N-ethyl adjacent to an activating group) is 1. The first-order valence-corrected chi connectivity index (χ1v) is 7.51. The van der Waals surface area contributed by atoms with Crippen LogP contribution in [-0.4, -0.2) is 49.6 Å². The van der Waals surface area contributed by atoms with Crippen LogP contribution in [0.4, 0.5) is 5.82 Å².